The number of para-hydroxylation sites is 2. The number of aromatic nitrogens is 2. The summed E-state index contributed by atoms with van der Waals surface area (Å²) in [5.41, 5.74) is 3.81. The maximum absolute atomic E-state index is 13.5. The Bertz CT molecular complexity index is 1190. The molecule has 0 radical (unpaired) electrons. The third-order valence-corrected chi connectivity index (χ3v) is 6.70. The lowest BCUT2D eigenvalue weighted by atomic mass is 9.94. The Morgan fingerprint density at radius 3 is 2.68 bits per heavy atom. The van der Waals surface area contributed by atoms with Crippen molar-refractivity contribution in [2.24, 2.45) is 0 Å². The number of anilines is 1. The van der Waals surface area contributed by atoms with E-state index in [0.29, 0.717) is 21.6 Å². The molecule has 1 atom stereocenters. The van der Waals surface area contributed by atoms with E-state index < -0.39 is 6.04 Å². The van der Waals surface area contributed by atoms with E-state index in [4.69, 9.17) is 32.9 Å². The van der Waals surface area contributed by atoms with Crippen LogP contribution < -0.4 is 5.32 Å². The van der Waals surface area contributed by atoms with Crippen LogP contribution in [0.2, 0.25) is 10.0 Å². The second kappa shape index (κ2) is 8.21. The first-order valence-corrected chi connectivity index (χ1v) is 11.4. The molecule has 31 heavy (non-hydrogen) atoms. The molecule has 0 saturated heterocycles. The van der Waals surface area contributed by atoms with Crippen LogP contribution in [0.5, 0.6) is 0 Å². The van der Waals surface area contributed by atoms with E-state index in [0.717, 1.165) is 48.0 Å². The highest BCUT2D eigenvalue weighted by molar-refractivity contribution is 6.35. The normalized spacial score (nSPS) is 19.3. The number of hydrogen-bond acceptors (Lipinski definition) is 4. The van der Waals surface area contributed by atoms with E-state index in [2.05, 4.69) is 5.32 Å². The monoisotopic (exact) mass is 455 g/mol. The van der Waals surface area contributed by atoms with Gasteiger partial charge in [-0.1, -0.05) is 47.8 Å². The van der Waals surface area contributed by atoms with Crippen LogP contribution in [-0.2, 0) is 9.53 Å². The first kappa shape index (κ1) is 20.4. The minimum absolute atomic E-state index is 0.0381. The van der Waals surface area contributed by atoms with Crippen LogP contribution >= 0.6 is 23.2 Å². The minimum atomic E-state index is -0.468. The Morgan fingerprint density at radius 2 is 1.90 bits per heavy atom. The summed E-state index contributed by atoms with van der Waals surface area (Å²) in [5, 5.41) is 4.36. The van der Waals surface area contributed by atoms with Crippen molar-refractivity contribution in [3.05, 3.63) is 69.3 Å². The Hall–Kier alpha value is -2.50. The number of carbonyl (C=O) groups is 1. The molecule has 7 heteroatoms. The van der Waals surface area contributed by atoms with Crippen LogP contribution in [0.25, 0.3) is 11.0 Å². The van der Waals surface area contributed by atoms with E-state index in [9.17, 15) is 4.79 Å². The molecule has 3 aromatic rings. The van der Waals surface area contributed by atoms with Gasteiger partial charge in [0.2, 0.25) is 5.95 Å². The van der Waals surface area contributed by atoms with Crippen molar-refractivity contribution < 1.29 is 9.53 Å². The summed E-state index contributed by atoms with van der Waals surface area (Å²) >= 11 is 12.8. The molecule has 0 unspecified atom stereocenters. The van der Waals surface area contributed by atoms with E-state index in [-0.39, 0.29) is 12.1 Å². The summed E-state index contributed by atoms with van der Waals surface area (Å²) < 4.78 is 8.00. The molecule has 160 valence electrons. The van der Waals surface area contributed by atoms with Crippen molar-refractivity contribution in [1.82, 2.24) is 9.55 Å². The SMILES string of the molecule is CC1=C(C(=O)OC2CCCCC2)[C@H](c2ccc(Cl)cc2Cl)n2c(nc3ccccc32)N1. The number of rotatable bonds is 3. The van der Waals surface area contributed by atoms with Crippen molar-refractivity contribution in [2.75, 3.05) is 5.32 Å². The van der Waals surface area contributed by atoms with Crippen LogP contribution in [0.4, 0.5) is 5.95 Å². The molecule has 1 aliphatic carbocycles. The summed E-state index contributed by atoms with van der Waals surface area (Å²) in [5.74, 6) is 0.361. The van der Waals surface area contributed by atoms with Crippen molar-refractivity contribution in [1.29, 1.82) is 0 Å². The third kappa shape index (κ3) is 3.70. The van der Waals surface area contributed by atoms with Gasteiger partial charge in [0.25, 0.3) is 0 Å². The van der Waals surface area contributed by atoms with Crippen LogP contribution in [0.3, 0.4) is 0 Å². The Balaban J connectivity index is 1.65. The lowest BCUT2D eigenvalue weighted by molar-refractivity contribution is -0.146. The Morgan fingerprint density at radius 1 is 1.13 bits per heavy atom. The van der Waals surface area contributed by atoms with Gasteiger partial charge in [0.1, 0.15) is 6.10 Å². The number of halogens is 2. The van der Waals surface area contributed by atoms with Crippen molar-refractivity contribution in [3.8, 4) is 0 Å². The number of nitrogens with one attached hydrogen (secondary N) is 1. The van der Waals surface area contributed by atoms with Gasteiger partial charge in [-0.2, -0.15) is 0 Å². The number of carbonyl (C=O) groups excluding carboxylic acids is 1. The van der Waals surface area contributed by atoms with Gasteiger partial charge in [0.15, 0.2) is 0 Å². The Kier molecular flexibility index (Phi) is 5.40. The zero-order valence-corrected chi connectivity index (χ0v) is 18.7. The summed E-state index contributed by atoms with van der Waals surface area (Å²) in [7, 11) is 0. The highest BCUT2D eigenvalue weighted by Gasteiger charge is 2.37. The summed E-state index contributed by atoms with van der Waals surface area (Å²) in [6.07, 6.45) is 5.18. The predicted octanol–water partition coefficient (Wildman–Crippen LogP) is 6.51. The minimum Gasteiger partial charge on any atom is -0.459 e. The quantitative estimate of drug-likeness (QED) is 0.457. The standard InChI is InChI=1S/C24H23Cl2N3O2/c1-14-21(23(30)31-16-7-3-2-4-8-16)22(17-12-11-15(25)13-18(17)26)29-20-10-6-5-9-19(20)28-24(29)27-14/h5-6,9-13,16,22H,2-4,7-8H2,1H3,(H,27,28)/t22-/m0/s1. The van der Waals surface area contributed by atoms with Crippen molar-refractivity contribution in [3.63, 3.8) is 0 Å². The molecule has 1 fully saturated rings. The molecule has 1 N–H and O–H groups in total. The summed E-state index contributed by atoms with van der Waals surface area (Å²) in [4.78, 5) is 18.2. The molecule has 1 aromatic heterocycles. The highest BCUT2D eigenvalue weighted by atomic mass is 35.5. The molecular formula is C24H23Cl2N3O2. The number of benzene rings is 2. The molecule has 5 nitrogen and oxygen atoms in total. The number of esters is 1. The number of fused-ring (bicyclic) bond motifs is 3. The molecule has 5 rings (SSSR count). The molecule has 2 aliphatic rings. The van der Waals surface area contributed by atoms with Crippen LogP contribution in [0, 0.1) is 0 Å². The first-order valence-electron chi connectivity index (χ1n) is 10.6. The first-order chi connectivity index (χ1) is 15.0. The fourth-order valence-electron chi connectivity index (χ4n) is 4.64. The zero-order chi connectivity index (χ0) is 21.5. The second-order valence-electron chi connectivity index (χ2n) is 8.19. The second-order valence-corrected chi connectivity index (χ2v) is 9.04. The summed E-state index contributed by atoms with van der Waals surface area (Å²) in [6, 6.07) is 12.8. The van der Waals surface area contributed by atoms with Gasteiger partial charge < -0.3 is 10.1 Å². The lowest BCUT2D eigenvalue weighted by Gasteiger charge is -2.32. The molecular weight excluding hydrogens is 433 g/mol. The van der Waals surface area contributed by atoms with Crippen LogP contribution in [0.15, 0.2) is 53.7 Å². The topological polar surface area (TPSA) is 56.2 Å². The van der Waals surface area contributed by atoms with E-state index >= 15 is 0 Å². The van der Waals surface area contributed by atoms with E-state index in [1.54, 1.807) is 12.1 Å². The lowest BCUT2D eigenvalue weighted by Crippen LogP contribution is -2.31. The molecule has 0 amide bonds. The van der Waals surface area contributed by atoms with Gasteiger partial charge in [-0.05, 0) is 62.4 Å². The van der Waals surface area contributed by atoms with Gasteiger partial charge in [0.05, 0.1) is 22.6 Å². The summed E-state index contributed by atoms with van der Waals surface area (Å²) in [6.45, 7) is 1.89. The number of allylic oxidation sites excluding steroid dienone is 1. The van der Waals surface area contributed by atoms with E-state index in [1.165, 1.54) is 6.42 Å². The van der Waals surface area contributed by atoms with Crippen LogP contribution in [-0.4, -0.2) is 21.6 Å². The number of ether oxygens (including phenoxy) is 1. The average Bonchev–Trinajstić information content (AvgIpc) is 3.11. The largest absolute Gasteiger partial charge is 0.459 e. The number of nitrogens with zero attached hydrogens (tertiary/aromatic N) is 2. The Labute approximate surface area is 191 Å². The van der Waals surface area contributed by atoms with Crippen molar-refractivity contribution >= 4 is 46.2 Å². The van der Waals surface area contributed by atoms with Gasteiger partial charge >= 0.3 is 5.97 Å². The predicted molar refractivity (Wildman–Crippen MR) is 124 cm³/mol. The molecule has 2 aromatic carbocycles. The average molecular weight is 456 g/mol. The van der Waals surface area contributed by atoms with Gasteiger partial charge in [-0.25, -0.2) is 9.78 Å². The maximum Gasteiger partial charge on any atom is 0.338 e. The molecule has 0 bridgehead atoms. The molecule has 1 aliphatic heterocycles. The zero-order valence-electron chi connectivity index (χ0n) is 17.2. The number of hydrogen-bond donors (Lipinski definition) is 1. The molecule has 0 spiro atoms. The van der Waals surface area contributed by atoms with Gasteiger partial charge in [-0.3, -0.25) is 4.57 Å². The molecule has 1 saturated carbocycles. The fourth-order valence-corrected chi connectivity index (χ4v) is 5.16. The smallest absolute Gasteiger partial charge is 0.338 e. The van der Waals surface area contributed by atoms with Crippen LogP contribution in [0.1, 0.15) is 50.6 Å². The van der Waals surface area contributed by atoms with Gasteiger partial charge in [-0.15, -0.1) is 0 Å². The fraction of sp³-hybridized carbons (Fsp3) is 0.333. The molecule has 2 heterocycles. The number of imidazole rings is 1. The maximum atomic E-state index is 13.5. The van der Waals surface area contributed by atoms with E-state index in [1.807, 2.05) is 41.8 Å². The van der Waals surface area contributed by atoms with Gasteiger partial charge in [0, 0.05) is 15.7 Å². The highest BCUT2D eigenvalue weighted by Crippen LogP contribution is 2.42. The van der Waals surface area contributed by atoms with Crippen molar-refractivity contribution in [2.45, 2.75) is 51.2 Å². The third-order valence-electron chi connectivity index (χ3n) is 6.13.